The van der Waals surface area contributed by atoms with Gasteiger partial charge in [0, 0.05) is 32.2 Å². The van der Waals surface area contributed by atoms with Crippen LogP contribution in [0.2, 0.25) is 0 Å². The van der Waals surface area contributed by atoms with E-state index in [2.05, 4.69) is 90.4 Å². The van der Waals surface area contributed by atoms with Crippen LogP contribution in [0, 0.1) is 29.6 Å². The van der Waals surface area contributed by atoms with Gasteiger partial charge in [-0.1, -0.05) is 136 Å². The third-order valence-corrected chi connectivity index (χ3v) is 22.8. The number of hydrogen-bond acceptors (Lipinski definition) is 30. The summed E-state index contributed by atoms with van der Waals surface area (Å²) in [5, 5.41) is 132. The molecular weight excluding hydrogens is 1870 g/mol. The first-order chi connectivity index (χ1) is 66.6. The Kier molecular flexibility index (Phi) is 52.3. The summed E-state index contributed by atoms with van der Waals surface area (Å²) >= 11 is 0. The van der Waals surface area contributed by atoms with E-state index < -0.39 is 346 Å². The lowest BCUT2D eigenvalue weighted by molar-refractivity contribution is -0.144. The molecule has 0 unspecified atom stereocenters. The Bertz CT molecular complexity index is 4670. The fourth-order valence-corrected chi connectivity index (χ4v) is 14.3. The first kappa shape index (κ1) is 123. The highest BCUT2D eigenvalue weighted by Crippen LogP contribution is 2.23. The van der Waals surface area contributed by atoms with Crippen LogP contribution in [0.25, 0.3) is 0 Å². The predicted octanol–water partition coefficient (Wildman–Crippen LogP) is -11.1. The van der Waals surface area contributed by atoms with E-state index in [-0.39, 0.29) is 51.0 Å². The van der Waals surface area contributed by atoms with Gasteiger partial charge in [0.15, 0.2) is 0 Å². The van der Waals surface area contributed by atoms with Crippen molar-refractivity contribution in [2.75, 3.05) is 39.6 Å². The van der Waals surface area contributed by atoms with E-state index in [1.807, 2.05) is 0 Å². The number of hydrogen-bond donors (Lipinski definition) is 29. The third-order valence-electron chi connectivity index (χ3n) is 22.8. The topological polar surface area (TPSA) is 843 Å². The van der Waals surface area contributed by atoms with Crippen molar-refractivity contribution in [3.8, 4) is 0 Å². The number of aliphatic hydroxyl groups excluding tert-OH is 7. The fraction of sp³-hybridized carbons (Fsp3) is 0.622. The maximum atomic E-state index is 14.9. The van der Waals surface area contributed by atoms with Crippen LogP contribution in [0.3, 0.4) is 0 Å². The minimum absolute atomic E-state index is 0.0269. The van der Waals surface area contributed by atoms with Crippen molar-refractivity contribution in [1.82, 2.24) is 95.3 Å². The Morgan fingerprint density at radius 2 is 0.676 bits per heavy atom. The lowest BCUT2D eigenvalue weighted by atomic mass is 9.96. The van der Waals surface area contributed by atoms with Crippen molar-refractivity contribution in [2.24, 2.45) is 46.8 Å². The number of primary amides is 2. The maximum Gasteiger partial charge on any atom is 0.326 e. The number of rotatable bonds is 62. The van der Waals surface area contributed by atoms with Crippen molar-refractivity contribution in [1.29, 1.82) is 0 Å². The Hall–Kier alpha value is -13.5. The molecule has 32 N–H and O–H groups in total. The standard InChI is InChI=1S/C90H141N21O31/c1-14-45(10)69(108-88(139)71(48(13)118)109-78(129)55(34-50-24-19-16-20-25-50)97-72(123)46(11)94-79(130)58(37-113)101-73(124)51(91)36-112)86(137)110-70(47(12)117)87(138)99-56(35-65(121)122)77(128)95-53(28-30-64(93)120)75(126)107-68(44(8)9)89(140)111-31-21-26-62(111)83(134)98-54(33-49-22-17-15-18-23-49)76(127)102-60(39-115)81(132)105-67(43(6)7)85(136)104-61(40-116)82(133)106-66(42(4)5)84(135)103-59(38-114)80(131)96-52(27-29-63(92)119)74(125)100-57(90(141)142)32-41(2)3/h15-20,22-25,41-48,51-62,66-71,112-118H,14,21,26-40,91H2,1-13H3,(H2,92,119)(H2,93,120)(H,94,130)(H,95,128)(H,96,131)(H,97,123)(H,98,134)(H,99,138)(H,100,125)(H,101,124)(H,102,127)(H,103,135)(H,104,136)(H,105,132)(H,106,133)(H,107,126)(H,108,139)(H,109,129)(H,110,137)(H,121,122)(H,141,142)/t45-,46-,47+,48+,51-,52-,53-,54-,55-,56-,57-,58-,59-,60-,61-,62-,66-,67-,68-,69-,70-,71-/m0/s1. The zero-order valence-corrected chi connectivity index (χ0v) is 81.5. The van der Waals surface area contributed by atoms with Crippen molar-refractivity contribution in [3.05, 3.63) is 71.8 Å². The number of carboxylic acids is 2. The van der Waals surface area contributed by atoms with Crippen LogP contribution in [0.15, 0.2) is 60.7 Å². The molecule has 2 aromatic carbocycles. The lowest BCUT2D eigenvalue weighted by Gasteiger charge is -2.32. The van der Waals surface area contributed by atoms with Crippen molar-refractivity contribution < 1.29 is 151 Å². The molecule has 3 rings (SSSR count). The highest BCUT2D eigenvalue weighted by Gasteiger charge is 2.45. The minimum Gasteiger partial charge on any atom is -0.481 e. The average molecular weight is 2010 g/mol. The highest BCUT2D eigenvalue weighted by molar-refractivity contribution is 6.03. The van der Waals surface area contributed by atoms with E-state index in [1.165, 1.54) is 55.4 Å². The molecule has 1 heterocycles. The summed E-state index contributed by atoms with van der Waals surface area (Å²) in [7, 11) is 0. The molecule has 22 atom stereocenters. The zero-order chi connectivity index (χ0) is 108. The summed E-state index contributed by atoms with van der Waals surface area (Å²) < 4.78 is 0. The van der Waals surface area contributed by atoms with E-state index in [4.69, 9.17) is 17.2 Å². The van der Waals surface area contributed by atoms with Crippen LogP contribution in [-0.2, 0) is 118 Å². The van der Waals surface area contributed by atoms with Crippen LogP contribution in [0.5, 0.6) is 0 Å². The number of benzene rings is 2. The Balaban J connectivity index is 1.87. The molecular formula is C90H141N21O31. The van der Waals surface area contributed by atoms with E-state index in [1.54, 1.807) is 81.4 Å². The molecule has 52 nitrogen and oxygen atoms in total. The molecule has 2 aromatic rings. The summed E-state index contributed by atoms with van der Waals surface area (Å²) in [6, 6.07) is -16.5. The molecule has 1 aliphatic rings. The molecule has 0 spiro atoms. The number of amides is 20. The van der Waals surface area contributed by atoms with Gasteiger partial charge >= 0.3 is 11.9 Å². The molecule has 0 radical (unpaired) electrons. The quantitative estimate of drug-likeness (QED) is 0.0292. The second-order valence-electron chi connectivity index (χ2n) is 36.0. The predicted molar refractivity (Wildman–Crippen MR) is 500 cm³/mol. The van der Waals surface area contributed by atoms with Gasteiger partial charge in [0.05, 0.1) is 51.7 Å². The van der Waals surface area contributed by atoms with Gasteiger partial charge in [-0.05, 0) is 93.6 Å². The number of nitrogens with zero attached hydrogens (tertiary/aromatic N) is 1. The van der Waals surface area contributed by atoms with Crippen LogP contribution >= 0.6 is 0 Å². The molecule has 142 heavy (non-hydrogen) atoms. The molecule has 1 fully saturated rings. The summed E-state index contributed by atoms with van der Waals surface area (Å²) in [6.45, 7) is 13.1. The monoisotopic (exact) mass is 2010 g/mol. The molecule has 20 amide bonds. The van der Waals surface area contributed by atoms with Gasteiger partial charge in [-0.3, -0.25) is 101 Å². The second-order valence-corrected chi connectivity index (χ2v) is 36.0. The SMILES string of the molecule is CC[C@H](C)[C@H](NC(=O)[C@@H](NC(=O)[C@H](Cc1ccccc1)NC(=O)[C@H](C)NC(=O)[C@H](CO)NC(=O)[C@@H](N)CO)[C@@H](C)O)C(=O)N[C@H](C(=O)N[C@@H](CC(=O)O)C(=O)N[C@@H](CCC(N)=O)C(=O)N[C@H](C(=O)N1CCC[C@H]1C(=O)N[C@@H](Cc1ccccc1)C(=O)N[C@@H](CO)C(=O)N[C@H](C(=O)N[C@@H](CO)C(=O)N[C@H](C(=O)N[C@@H](CO)C(=O)N[C@@H](CCC(N)=O)C(=O)N[C@@H](CC(C)C)C(=O)O)C(C)C)C(C)C)C(C)C)[C@@H](C)O. The molecule has 0 bridgehead atoms. The van der Waals surface area contributed by atoms with Crippen molar-refractivity contribution in [2.45, 2.75) is 288 Å². The van der Waals surface area contributed by atoms with Crippen LogP contribution in [-0.4, -0.2) is 348 Å². The van der Waals surface area contributed by atoms with Gasteiger partial charge in [0.2, 0.25) is 118 Å². The first-order valence-electron chi connectivity index (χ1n) is 46.3. The molecule has 1 aliphatic heterocycles. The van der Waals surface area contributed by atoms with Crippen molar-refractivity contribution in [3.63, 3.8) is 0 Å². The largest absolute Gasteiger partial charge is 0.481 e. The molecule has 0 aromatic heterocycles. The van der Waals surface area contributed by atoms with E-state index in [9.17, 15) is 151 Å². The number of nitrogens with two attached hydrogens (primary N) is 3. The zero-order valence-electron chi connectivity index (χ0n) is 81.5. The number of carboxylic acid groups (broad SMARTS) is 2. The smallest absolute Gasteiger partial charge is 0.326 e. The highest BCUT2D eigenvalue weighted by atomic mass is 16.4. The first-order valence-corrected chi connectivity index (χ1v) is 46.3. The number of carbonyl (C=O) groups excluding carboxylic acids is 20. The molecule has 0 saturated carbocycles. The van der Waals surface area contributed by atoms with Gasteiger partial charge in [-0.15, -0.1) is 0 Å². The van der Waals surface area contributed by atoms with Crippen LogP contribution in [0.1, 0.15) is 159 Å². The summed E-state index contributed by atoms with van der Waals surface area (Å²) in [6.07, 6.45) is -7.59. The number of carbonyl (C=O) groups is 22. The number of nitrogens with one attached hydrogen (secondary N) is 17. The van der Waals surface area contributed by atoms with Gasteiger partial charge in [-0.2, -0.15) is 0 Å². The molecule has 0 aliphatic carbocycles. The van der Waals surface area contributed by atoms with E-state index in [0.29, 0.717) is 11.1 Å². The fourth-order valence-electron chi connectivity index (χ4n) is 14.3. The van der Waals surface area contributed by atoms with Crippen LogP contribution < -0.4 is 108 Å². The minimum atomic E-state index is -2.20. The normalized spacial score (nSPS) is 16.8. The summed E-state index contributed by atoms with van der Waals surface area (Å²) in [5.41, 5.74) is 17.2. The number of likely N-dealkylation sites (tertiary alicyclic amines) is 1. The third kappa shape index (κ3) is 40.2. The van der Waals surface area contributed by atoms with Gasteiger partial charge in [0.1, 0.15) is 115 Å². The van der Waals surface area contributed by atoms with E-state index >= 15 is 0 Å². The summed E-state index contributed by atoms with van der Waals surface area (Å²) in [4.78, 5) is 302. The molecule has 792 valence electrons. The Labute approximate surface area is 819 Å². The van der Waals surface area contributed by atoms with Crippen LogP contribution in [0.4, 0.5) is 0 Å². The number of aliphatic hydroxyl groups is 7. The Morgan fingerprint density at radius 1 is 0.359 bits per heavy atom. The Morgan fingerprint density at radius 3 is 1.08 bits per heavy atom. The lowest BCUT2D eigenvalue weighted by Crippen LogP contribution is -2.64. The van der Waals surface area contributed by atoms with Crippen molar-refractivity contribution >= 4 is 130 Å². The van der Waals surface area contributed by atoms with Gasteiger partial charge in [-0.25, -0.2) is 4.79 Å². The summed E-state index contributed by atoms with van der Waals surface area (Å²) in [5.74, 6) is -29.3. The van der Waals surface area contributed by atoms with Gasteiger partial charge < -0.3 is 158 Å². The van der Waals surface area contributed by atoms with Gasteiger partial charge in [0.25, 0.3) is 0 Å². The number of aliphatic carboxylic acids is 2. The second kappa shape index (κ2) is 60.6. The van der Waals surface area contributed by atoms with E-state index in [0.717, 1.165) is 18.7 Å². The average Bonchev–Trinajstić information content (AvgIpc) is 1.65. The molecule has 52 heteroatoms. The molecule has 1 saturated heterocycles. The maximum absolute atomic E-state index is 14.9.